The molecule has 0 spiro atoms. The minimum atomic E-state index is -0.349. The topological polar surface area (TPSA) is 88.1 Å². The number of hydrogen-bond donors (Lipinski definition) is 2. The molecule has 0 atom stereocenters. The van der Waals surface area contributed by atoms with Crippen LogP contribution in [0.2, 0.25) is 0 Å². The van der Waals surface area contributed by atoms with Crippen LogP contribution in [-0.2, 0) is 13.0 Å². The zero-order chi connectivity index (χ0) is 15.1. The zero-order valence-electron chi connectivity index (χ0n) is 11.4. The maximum Gasteiger partial charge on any atom is 0.265 e. The molecule has 0 saturated carbocycles. The molecule has 2 rings (SSSR count). The number of nitrogen functional groups attached to an aromatic ring is 1. The highest BCUT2D eigenvalue weighted by atomic mass is 16.5. The Bertz CT molecular complexity index is 660. The maximum atomic E-state index is 11.6. The molecule has 0 aliphatic rings. The number of ether oxygens (including phenoxy) is 1. The number of hydrogen-bond acceptors (Lipinski definition) is 4. The second-order valence-electron chi connectivity index (χ2n) is 4.40. The van der Waals surface area contributed by atoms with E-state index >= 15 is 0 Å². The molecule has 3 N–H and O–H groups in total. The van der Waals surface area contributed by atoms with Gasteiger partial charge >= 0.3 is 0 Å². The molecule has 106 valence electrons. The number of benzene rings is 2. The van der Waals surface area contributed by atoms with E-state index in [4.69, 9.17) is 15.8 Å². The van der Waals surface area contributed by atoms with Crippen LogP contribution < -0.4 is 16.0 Å². The van der Waals surface area contributed by atoms with Gasteiger partial charge in [-0.25, -0.2) is 5.84 Å². The van der Waals surface area contributed by atoms with Gasteiger partial charge in [0.25, 0.3) is 5.91 Å². The van der Waals surface area contributed by atoms with Crippen LogP contribution in [0.5, 0.6) is 5.75 Å². The quantitative estimate of drug-likeness (QED) is 0.498. The molecule has 0 aliphatic carbocycles. The summed E-state index contributed by atoms with van der Waals surface area (Å²) in [6.45, 7) is 0.265. The molecule has 0 radical (unpaired) electrons. The Hall–Kier alpha value is -2.84. The minimum Gasteiger partial charge on any atom is -0.489 e. The van der Waals surface area contributed by atoms with Crippen LogP contribution in [0.25, 0.3) is 0 Å². The van der Waals surface area contributed by atoms with Gasteiger partial charge in [-0.3, -0.25) is 10.2 Å². The predicted molar refractivity (Wildman–Crippen MR) is 78.2 cm³/mol. The number of amides is 1. The highest BCUT2D eigenvalue weighted by Gasteiger charge is 2.09. The van der Waals surface area contributed by atoms with Gasteiger partial charge in [-0.15, -0.1) is 0 Å². The van der Waals surface area contributed by atoms with E-state index in [0.717, 1.165) is 11.1 Å². The van der Waals surface area contributed by atoms with E-state index in [1.165, 1.54) is 0 Å². The van der Waals surface area contributed by atoms with E-state index in [9.17, 15) is 4.79 Å². The highest BCUT2D eigenvalue weighted by molar-refractivity contribution is 5.95. The monoisotopic (exact) mass is 281 g/mol. The van der Waals surface area contributed by atoms with Crippen molar-refractivity contribution in [2.24, 2.45) is 5.84 Å². The number of nitrogens with one attached hydrogen (secondary N) is 1. The van der Waals surface area contributed by atoms with Gasteiger partial charge in [0, 0.05) is 11.1 Å². The Morgan fingerprint density at radius 3 is 2.57 bits per heavy atom. The Balaban J connectivity index is 2.06. The number of nitrogens with two attached hydrogens (primary N) is 1. The van der Waals surface area contributed by atoms with E-state index in [0.29, 0.717) is 17.7 Å². The largest absolute Gasteiger partial charge is 0.489 e. The SMILES string of the molecule is N#CCc1ccc(OCc2ccccc2C(=O)NN)cc1. The van der Waals surface area contributed by atoms with Gasteiger partial charge in [-0.2, -0.15) is 5.26 Å². The summed E-state index contributed by atoms with van der Waals surface area (Å²) in [5.74, 6) is 5.49. The number of hydrazine groups is 1. The van der Waals surface area contributed by atoms with Crippen molar-refractivity contribution in [3.63, 3.8) is 0 Å². The predicted octanol–water partition coefficient (Wildman–Crippen LogP) is 1.94. The van der Waals surface area contributed by atoms with Crippen molar-refractivity contribution in [1.82, 2.24) is 5.43 Å². The molecular weight excluding hydrogens is 266 g/mol. The Morgan fingerprint density at radius 2 is 1.90 bits per heavy atom. The lowest BCUT2D eigenvalue weighted by Gasteiger charge is -2.10. The molecule has 0 heterocycles. The first-order valence-corrected chi connectivity index (χ1v) is 6.42. The van der Waals surface area contributed by atoms with Crippen molar-refractivity contribution >= 4 is 5.91 Å². The zero-order valence-corrected chi connectivity index (χ0v) is 11.4. The number of carbonyl (C=O) groups excluding carboxylic acids is 1. The number of nitrogens with zero attached hydrogens (tertiary/aromatic N) is 1. The molecule has 1 amide bonds. The molecule has 5 heteroatoms. The fourth-order valence-electron chi connectivity index (χ4n) is 1.90. The minimum absolute atomic E-state index is 0.265. The van der Waals surface area contributed by atoms with E-state index in [-0.39, 0.29) is 12.5 Å². The van der Waals surface area contributed by atoms with Crippen molar-refractivity contribution in [2.45, 2.75) is 13.0 Å². The second kappa shape index (κ2) is 7.08. The molecule has 0 fully saturated rings. The van der Waals surface area contributed by atoms with E-state index < -0.39 is 0 Å². The molecule has 21 heavy (non-hydrogen) atoms. The summed E-state index contributed by atoms with van der Waals surface area (Å²) in [4.78, 5) is 11.6. The van der Waals surface area contributed by atoms with E-state index in [2.05, 4.69) is 11.5 Å². The van der Waals surface area contributed by atoms with Crippen LogP contribution in [0.4, 0.5) is 0 Å². The molecule has 2 aromatic rings. The average Bonchev–Trinajstić information content (AvgIpc) is 2.54. The molecule has 0 aromatic heterocycles. The maximum absolute atomic E-state index is 11.6. The van der Waals surface area contributed by atoms with Crippen LogP contribution in [0.1, 0.15) is 21.5 Å². The van der Waals surface area contributed by atoms with Gasteiger partial charge in [0.15, 0.2) is 0 Å². The lowest BCUT2D eigenvalue weighted by atomic mass is 10.1. The highest BCUT2D eigenvalue weighted by Crippen LogP contribution is 2.16. The Morgan fingerprint density at radius 1 is 1.19 bits per heavy atom. The summed E-state index contributed by atoms with van der Waals surface area (Å²) in [7, 11) is 0. The standard InChI is InChI=1S/C16H15N3O2/c17-10-9-12-5-7-14(8-6-12)21-11-13-3-1-2-4-15(13)16(20)19-18/h1-8H,9,11,18H2,(H,19,20). The normalized spacial score (nSPS) is 9.71. The summed E-state index contributed by atoms with van der Waals surface area (Å²) in [5.41, 5.74) is 4.29. The number of nitriles is 1. The van der Waals surface area contributed by atoms with Gasteiger partial charge in [0.1, 0.15) is 12.4 Å². The molecule has 0 saturated heterocycles. The summed E-state index contributed by atoms with van der Waals surface area (Å²) < 4.78 is 5.66. The smallest absolute Gasteiger partial charge is 0.265 e. The summed E-state index contributed by atoms with van der Waals surface area (Å²) in [6.07, 6.45) is 0.375. The van der Waals surface area contributed by atoms with Gasteiger partial charge in [0.2, 0.25) is 0 Å². The Kier molecular flexibility index (Phi) is 4.91. The van der Waals surface area contributed by atoms with Gasteiger partial charge in [0.05, 0.1) is 12.5 Å². The first kappa shape index (κ1) is 14.6. The first-order chi connectivity index (χ1) is 10.2. The average molecular weight is 281 g/mol. The fourth-order valence-corrected chi connectivity index (χ4v) is 1.90. The van der Waals surface area contributed by atoms with Gasteiger partial charge in [-0.1, -0.05) is 30.3 Å². The van der Waals surface area contributed by atoms with Crippen LogP contribution in [0.15, 0.2) is 48.5 Å². The number of rotatable bonds is 5. The van der Waals surface area contributed by atoms with Crippen LogP contribution in [0.3, 0.4) is 0 Å². The van der Waals surface area contributed by atoms with Crippen molar-refractivity contribution in [1.29, 1.82) is 5.26 Å². The van der Waals surface area contributed by atoms with E-state index in [1.54, 1.807) is 24.3 Å². The molecule has 0 unspecified atom stereocenters. The van der Waals surface area contributed by atoms with Crippen molar-refractivity contribution in [3.8, 4) is 11.8 Å². The van der Waals surface area contributed by atoms with Crippen molar-refractivity contribution in [2.75, 3.05) is 0 Å². The third kappa shape index (κ3) is 3.81. The third-order valence-corrected chi connectivity index (χ3v) is 2.99. The van der Waals surface area contributed by atoms with Gasteiger partial charge in [-0.05, 0) is 23.8 Å². The van der Waals surface area contributed by atoms with Crippen molar-refractivity contribution < 1.29 is 9.53 Å². The lowest BCUT2D eigenvalue weighted by molar-refractivity contribution is 0.0951. The van der Waals surface area contributed by atoms with Crippen LogP contribution >= 0.6 is 0 Å². The van der Waals surface area contributed by atoms with Gasteiger partial charge < -0.3 is 4.74 Å². The second-order valence-corrected chi connectivity index (χ2v) is 4.40. The molecule has 0 bridgehead atoms. The first-order valence-electron chi connectivity index (χ1n) is 6.42. The lowest BCUT2D eigenvalue weighted by Crippen LogP contribution is -2.30. The summed E-state index contributed by atoms with van der Waals surface area (Å²) in [5, 5.41) is 8.62. The molecule has 2 aromatic carbocycles. The van der Waals surface area contributed by atoms with Crippen molar-refractivity contribution in [3.05, 3.63) is 65.2 Å². The number of carbonyl (C=O) groups is 1. The molecule has 5 nitrogen and oxygen atoms in total. The Labute approximate surface area is 122 Å². The van der Waals surface area contributed by atoms with E-state index in [1.807, 2.05) is 24.3 Å². The summed E-state index contributed by atoms with van der Waals surface area (Å²) in [6, 6.07) is 16.5. The third-order valence-electron chi connectivity index (χ3n) is 2.99. The summed E-state index contributed by atoms with van der Waals surface area (Å²) >= 11 is 0. The molecular formula is C16H15N3O2. The molecule has 0 aliphatic heterocycles. The van der Waals surface area contributed by atoms with Crippen LogP contribution in [-0.4, -0.2) is 5.91 Å². The van der Waals surface area contributed by atoms with Crippen LogP contribution in [0, 0.1) is 11.3 Å². The fraction of sp³-hybridized carbons (Fsp3) is 0.125.